The summed E-state index contributed by atoms with van der Waals surface area (Å²) in [7, 11) is 0. The van der Waals surface area contributed by atoms with Gasteiger partial charge in [0.1, 0.15) is 0 Å². The zero-order chi connectivity index (χ0) is 11.8. The predicted molar refractivity (Wildman–Crippen MR) is 63.0 cm³/mol. The molecule has 4 nitrogen and oxygen atoms in total. The van der Waals surface area contributed by atoms with Crippen molar-refractivity contribution in [2.24, 2.45) is 0 Å². The smallest absolute Gasteiger partial charge is 0.335 e. The van der Waals surface area contributed by atoms with E-state index in [-0.39, 0.29) is 0 Å². The summed E-state index contributed by atoms with van der Waals surface area (Å²) in [6, 6.07) is 8.83. The van der Waals surface area contributed by atoms with Gasteiger partial charge in [0.2, 0.25) is 0 Å². The third-order valence-corrected chi connectivity index (χ3v) is 3.04. The van der Waals surface area contributed by atoms with Crippen LogP contribution in [-0.2, 0) is 0 Å². The van der Waals surface area contributed by atoms with Crippen LogP contribution < -0.4 is 0 Å². The largest absolute Gasteiger partial charge is 0.478 e. The molecule has 0 unspecified atom stereocenters. The third kappa shape index (κ3) is 1.93. The van der Waals surface area contributed by atoms with Crippen LogP contribution in [0.3, 0.4) is 0 Å². The molecule has 0 amide bonds. The number of carboxylic acid groups (broad SMARTS) is 1. The van der Waals surface area contributed by atoms with Crippen LogP contribution in [0.15, 0.2) is 30.3 Å². The van der Waals surface area contributed by atoms with Crippen molar-refractivity contribution >= 4 is 5.97 Å². The van der Waals surface area contributed by atoms with Crippen LogP contribution in [0.1, 0.15) is 34.8 Å². The number of carboxylic acids is 1. The molecule has 1 aromatic carbocycles. The first-order valence-electron chi connectivity index (χ1n) is 5.63. The maximum absolute atomic E-state index is 10.7. The molecule has 2 aromatic rings. The van der Waals surface area contributed by atoms with Crippen molar-refractivity contribution in [2.75, 3.05) is 0 Å². The molecule has 2 N–H and O–H groups in total. The Balaban J connectivity index is 1.89. The first kappa shape index (κ1) is 10.1. The van der Waals surface area contributed by atoms with E-state index in [0.29, 0.717) is 11.5 Å². The molecule has 0 spiro atoms. The number of carbonyl (C=O) groups is 1. The summed E-state index contributed by atoms with van der Waals surface area (Å²) in [6.45, 7) is 0. The average molecular weight is 228 g/mol. The Labute approximate surface area is 98.3 Å². The van der Waals surface area contributed by atoms with Gasteiger partial charge in [-0.1, -0.05) is 12.1 Å². The molecule has 1 saturated carbocycles. The summed E-state index contributed by atoms with van der Waals surface area (Å²) < 4.78 is 0. The summed E-state index contributed by atoms with van der Waals surface area (Å²) in [6.07, 6.45) is 2.47. The van der Waals surface area contributed by atoms with Crippen molar-refractivity contribution in [3.63, 3.8) is 0 Å². The van der Waals surface area contributed by atoms with Crippen LogP contribution in [0.25, 0.3) is 11.3 Å². The fraction of sp³-hybridized carbons (Fsp3) is 0.231. The van der Waals surface area contributed by atoms with Gasteiger partial charge < -0.3 is 5.11 Å². The minimum Gasteiger partial charge on any atom is -0.478 e. The Kier molecular flexibility index (Phi) is 2.21. The monoisotopic (exact) mass is 228 g/mol. The second kappa shape index (κ2) is 3.73. The zero-order valence-electron chi connectivity index (χ0n) is 9.18. The van der Waals surface area contributed by atoms with Crippen molar-refractivity contribution in [3.8, 4) is 11.3 Å². The first-order chi connectivity index (χ1) is 8.24. The molecule has 0 radical (unpaired) electrons. The van der Waals surface area contributed by atoms with Gasteiger partial charge in [-0.15, -0.1) is 0 Å². The Morgan fingerprint density at radius 2 is 2.00 bits per heavy atom. The van der Waals surface area contributed by atoms with E-state index in [1.807, 2.05) is 6.07 Å². The maximum Gasteiger partial charge on any atom is 0.335 e. The van der Waals surface area contributed by atoms with Crippen LogP contribution in [0.5, 0.6) is 0 Å². The van der Waals surface area contributed by atoms with Crippen molar-refractivity contribution in [1.29, 1.82) is 0 Å². The molecule has 86 valence electrons. The van der Waals surface area contributed by atoms with Crippen LogP contribution in [-0.4, -0.2) is 21.3 Å². The Hall–Kier alpha value is -2.10. The Morgan fingerprint density at radius 3 is 2.59 bits per heavy atom. The van der Waals surface area contributed by atoms with Gasteiger partial charge in [0.25, 0.3) is 0 Å². The number of hydrogen-bond donors (Lipinski definition) is 2. The van der Waals surface area contributed by atoms with E-state index >= 15 is 0 Å². The number of nitrogens with zero attached hydrogens (tertiary/aromatic N) is 1. The van der Waals surface area contributed by atoms with Crippen molar-refractivity contribution in [3.05, 3.63) is 41.6 Å². The number of aromatic nitrogens is 2. The number of hydrogen-bond acceptors (Lipinski definition) is 2. The van der Waals surface area contributed by atoms with Crippen LogP contribution >= 0.6 is 0 Å². The van der Waals surface area contributed by atoms with Crippen molar-refractivity contribution in [2.45, 2.75) is 18.8 Å². The summed E-state index contributed by atoms with van der Waals surface area (Å²) in [5.74, 6) is -0.258. The van der Waals surface area contributed by atoms with Gasteiger partial charge in [-0.3, -0.25) is 5.10 Å². The Morgan fingerprint density at radius 1 is 1.29 bits per heavy atom. The highest BCUT2D eigenvalue weighted by molar-refractivity contribution is 5.88. The predicted octanol–water partition coefficient (Wildman–Crippen LogP) is 2.65. The Bertz CT molecular complexity index is 553. The molecule has 1 fully saturated rings. The van der Waals surface area contributed by atoms with E-state index in [0.717, 1.165) is 11.3 Å². The molecule has 4 heteroatoms. The molecule has 0 aliphatic heterocycles. The van der Waals surface area contributed by atoms with Gasteiger partial charge in [0.15, 0.2) is 0 Å². The van der Waals surface area contributed by atoms with E-state index in [4.69, 9.17) is 5.11 Å². The first-order valence-corrected chi connectivity index (χ1v) is 5.63. The fourth-order valence-corrected chi connectivity index (χ4v) is 1.87. The second-order valence-electron chi connectivity index (χ2n) is 4.37. The average Bonchev–Trinajstić information content (AvgIpc) is 3.07. The summed E-state index contributed by atoms with van der Waals surface area (Å²) in [5.41, 5.74) is 3.30. The molecular weight excluding hydrogens is 216 g/mol. The van der Waals surface area contributed by atoms with E-state index in [1.165, 1.54) is 18.5 Å². The SMILES string of the molecule is O=C(O)c1ccc(-c2cc(C3CC3)[nH]n2)cc1. The highest BCUT2D eigenvalue weighted by Gasteiger charge is 2.25. The van der Waals surface area contributed by atoms with E-state index in [1.54, 1.807) is 24.3 Å². The number of nitrogens with one attached hydrogen (secondary N) is 1. The lowest BCUT2D eigenvalue weighted by Gasteiger charge is -1.97. The summed E-state index contributed by atoms with van der Waals surface area (Å²) in [5, 5.41) is 16.1. The lowest BCUT2D eigenvalue weighted by atomic mass is 10.1. The van der Waals surface area contributed by atoms with Gasteiger partial charge in [-0.25, -0.2) is 4.79 Å². The molecule has 17 heavy (non-hydrogen) atoms. The van der Waals surface area contributed by atoms with Crippen molar-refractivity contribution in [1.82, 2.24) is 10.2 Å². The number of aromatic carboxylic acids is 1. The van der Waals surface area contributed by atoms with Gasteiger partial charge in [-0.2, -0.15) is 5.10 Å². The van der Waals surface area contributed by atoms with Gasteiger partial charge >= 0.3 is 5.97 Å². The maximum atomic E-state index is 10.7. The fourth-order valence-electron chi connectivity index (χ4n) is 1.87. The van der Waals surface area contributed by atoms with Crippen molar-refractivity contribution < 1.29 is 9.90 Å². The molecule has 3 rings (SSSR count). The highest BCUT2D eigenvalue weighted by atomic mass is 16.4. The van der Waals surface area contributed by atoms with E-state index in [9.17, 15) is 4.79 Å². The van der Waals surface area contributed by atoms with E-state index in [2.05, 4.69) is 10.2 Å². The molecular formula is C13H12N2O2. The van der Waals surface area contributed by atoms with Crippen LogP contribution in [0.4, 0.5) is 0 Å². The molecule has 0 saturated heterocycles. The number of rotatable bonds is 3. The van der Waals surface area contributed by atoms with E-state index < -0.39 is 5.97 Å². The lowest BCUT2D eigenvalue weighted by molar-refractivity contribution is 0.0697. The van der Waals surface area contributed by atoms with Crippen LogP contribution in [0, 0.1) is 0 Å². The molecule has 1 aromatic heterocycles. The lowest BCUT2D eigenvalue weighted by Crippen LogP contribution is -1.94. The minimum atomic E-state index is -0.905. The normalized spacial score (nSPS) is 14.8. The quantitative estimate of drug-likeness (QED) is 0.848. The third-order valence-electron chi connectivity index (χ3n) is 3.04. The molecule has 0 bridgehead atoms. The topological polar surface area (TPSA) is 66.0 Å². The highest BCUT2D eigenvalue weighted by Crippen LogP contribution is 2.39. The number of H-pyrrole nitrogens is 1. The molecule has 0 atom stereocenters. The summed E-state index contributed by atoms with van der Waals surface area (Å²) in [4.78, 5) is 10.7. The second-order valence-corrected chi connectivity index (χ2v) is 4.37. The summed E-state index contributed by atoms with van der Waals surface area (Å²) >= 11 is 0. The van der Waals surface area contributed by atoms with Gasteiger partial charge in [-0.05, 0) is 31.0 Å². The molecule has 1 aliphatic carbocycles. The standard InChI is InChI=1S/C13H12N2O2/c16-13(17)10-5-3-9(4-6-10)12-7-11(14-15-12)8-1-2-8/h3-8H,1-2H2,(H,14,15)(H,16,17). The zero-order valence-corrected chi connectivity index (χ0v) is 9.18. The number of benzene rings is 1. The van der Waals surface area contributed by atoms with Crippen LogP contribution in [0.2, 0.25) is 0 Å². The number of aromatic amines is 1. The van der Waals surface area contributed by atoms with Gasteiger partial charge in [0, 0.05) is 17.2 Å². The minimum absolute atomic E-state index is 0.298. The van der Waals surface area contributed by atoms with Gasteiger partial charge in [0.05, 0.1) is 11.3 Å². The molecule has 1 heterocycles. The molecule has 1 aliphatic rings.